The summed E-state index contributed by atoms with van der Waals surface area (Å²) >= 11 is 0. The number of hydrogen-bond donors (Lipinski definition) is 2. The lowest BCUT2D eigenvalue weighted by Crippen LogP contribution is -2.47. The number of amides is 1. The molecule has 2 saturated heterocycles. The first-order valence-electron chi connectivity index (χ1n) is 7.88. The standard InChI is InChI=1S/C15H27N3O2/c1-15(2,3)20-14(19)17-13-11-8-18(9-12(11)13)10-5-4-6-16-7-10/h10-13,16H,4-9H2,1-3H3,(H,17,19). The number of piperidine rings is 2. The first-order valence-corrected chi connectivity index (χ1v) is 7.88. The third kappa shape index (κ3) is 3.09. The van der Waals surface area contributed by atoms with Crippen LogP contribution in [0, 0.1) is 11.8 Å². The van der Waals surface area contributed by atoms with Crippen molar-refractivity contribution in [3.63, 3.8) is 0 Å². The molecular weight excluding hydrogens is 254 g/mol. The molecule has 0 spiro atoms. The van der Waals surface area contributed by atoms with Crippen molar-refractivity contribution in [1.82, 2.24) is 15.5 Å². The summed E-state index contributed by atoms with van der Waals surface area (Å²) in [7, 11) is 0. The summed E-state index contributed by atoms with van der Waals surface area (Å²) in [5.74, 6) is 1.29. The third-order valence-electron chi connectivity index (χ3n) is 4.69. The van der Waals surface area contributed by atoms with Crippen LogP contribution in [0.25, 0.3) is 0 Å². The van der Waals surface area contributed by atoms with Gasteiger partial charge in [0.15, 0.2) is 0 Å². The van der Waals surface area contributed by atoms with E-state index < -0.39 is 5.60 Å². The van der Waals surface area contributed by atoms with Gasteiger partial charge in [-0.25, -0.2) is 4.79 Å². The quantitative estimate of drug-likeness (QED) is 0.798. The number of nitrogens with one attached hydrogen (secondary N) is 2. The Morgan fingerprint density at radius 2 is 2.00 bits per heavy atom. The second-order valence-corrected chi connectivity index (χ2v) is 7.45. The first-order chi connectivity index (χ1) is 9.44. The van der Waals surface area contributed by atoms with E-state index in [9.17, 15) is 4.79 Å². The number of rotatable bonds is 2. The lowest BCUT2D eigenvalue weighted by molar-refractivity contribution is 0.0511. The van der Waals surface area contributed by atoms with Crippen LogP contribution in [0.2, 0.25) is 0 Å². The van der Waals surface area contributed by atoms with Gasteiger partial charge in [0.25, 0.3) is 0 Å². The summed E-state index contributed by atoms with van der Waals surface area (Å²) in [6.07, 6.45) is 2.34. The third-order valence-corrected chi connectivity index (χ3v) is 4.69. The van der Waals surface area contributed by atoms with Crippen molar-refractivity contribution in [2.45, 2.75) is 51.3 Å². The topological polar surface area (TPSA) is 53.6 Å². The van der Waals surface area contributed by atoms with Gasteiger partial charge in [-0.15, -0.1) is 0 Å². The number of ether oxygens (including phenoxy) is 1. The second kappa shape index (κ2) is 5.19. The van der Waals surface area contributed by atoms with Crippen LogP contribution in [0.3, 0.4) is 0 Å². The summed E-state index contributed by atoms with van der Waals surface area (Å²) < 4.78 is 5.32. The molecule has 2 N–H and O–H groups in total. The Kier molecular flexibility index (Phi) is 3.67. The lowest BCUT2D eigenvalue weighted by Gasteiger charge is -2.33. The van der Waals surface area contributed by atoms with Crippen molar-refractivity contribution in [2.75, 3.05) is 26.2 Å². The number of fused-ring (bicyclic) bond motifs is 1. The van der Waals surface area contributed by atoms with Gasteiger partial charge in [0.1, 0.15) is 5.60 Å². The molecule has 5 nitrogen and oxygen atoms in total. The molecule has 0 aromatic rings. The summed E-state index contributed by atoms with van der Waals surface area (Å²) in [4.78, 5) is 14.4. The van der Waals surface area contributed by atoms with E-state index in [0.717, 1.165) is 19.6 Å². The Labute approximate surface area is 121 Å². The molecule has 20 heavy (non-hydrogen) atoms. The maximum atomic E-state index is 11.8. The van der Waals surface area contributed by atoms with Crippen molar-refractivity contribution < 1.29 is 9.53 Å². The zero-order valence-electron chi connectivity index (χ0n) is 12.8. The van der Waals surface area contributed by atoms with Crippen LogP contribution >= 0.6 is 0 Å². The van der Waals surface area contributed by atoms with Gasteiger partial charge in [-0.2, -0.15) is 0 Å². The Morgan fingerprint density at radius 1 is 1.30 bits per heavy atom. The van der Waals surface area contributed by atoms with Gasteiger partial charge >= 0.3 is 6.09 Å². The number of alkyl carbamates (subject to hydrolysis) is 1. The molecule has 3 atom stereocenters. The molecule has 3 fully saturated rings. The van der Waals surface area contributed by atoms with Crippen LogP contribution in [0.5, 0.6) is 0 Å². The number of carbonyl (C=O) groups excluding carboxylic acids is 1. The predicted octanol–water partition coefficient (Wildman–Crippen LogP) is 1.19. The molecule has 3 unspecified atom stereocenters. The minimum Gasteiger partial charge on any atom is -0.444 e. The molecule has 1 saturated carbocycles. The summed E-state index contributed by atoms with van der Waals surface area (Å²) in [5.41, 5.74) is -0.409. The van der Waals surface area contributed by atoms with Crippen molar-refractivity contribution in [1.29, 1.82) is 0 Å². The van der Waals surface area contributed by atoms with E-state index in [-0.39, 0.29) is 6.09 Å². The van der Waals surface area contributed by atoms with Gasteiger partial charge in [-0.3, -0.25) is 4.90 Å². The molecule has 0 aromatic carbocycles. The molecule has 3 rings (SSSR count). The van der Waals surface area contributed by atoms with Crippen LogP contribution in [0.1, 0.15) is 33.6 Å². The lowest BCUT2D eigenvalue weighted by atomic mass is 10.1. The van der Waals surface area contributed by atoms with E-state index in [1.165, 1.54) is 19.4 Å². The highest BCUT2D eigenvalue weighted by Crippen LogP contribution is 2.46. The second-order valence-electron chi connectivity index (χ2n) is 7.45. The summed E-state index contributed by atoms with van der Waals surface area (Å²) in [6.45, 7) is 10.3. The number of carbonyl (C=O) groups is 1. The van der Waals surface area contributed by atoms with Crippen LogP contribution in [0.4, 0.5) is 4.79 Å². The van der Waals surface area contributed by atoms with Crippen LogP contribution in [-0.2, 0) is 4.74 Å². The molecule has 0 bridgehead atoms. The van der Waals surface area contributed by atoms with Crippen LogP contribution in [-0.4, -0.2) is 54.9 Å². The highest BCUT2D eigenvalue weighted by molar-refractivity contribution is 5.68. The average Bonchev–Trinajstić information content (AvgIpc) is 2.84. The Bertz CT molecular complexity index is 362. The molecule has 1 aliphatic carbocycles. The highest BCUT2D eigenvalue weighted by Gasteiger charge is 2.57. The molecule has 5 heteroatoms. The summed E-state index contributed by atoms with van der Waals surface area (Å²) in [5, 5.41) is 6.51. The Balaban J connectivity index is 1.42. The van der Waals surface area contributed by atoms with Crippen molar-refractivity contribution in [2.24, 2.45) is 11.8 Å². The fraction of sp³-hybridized carbons (Fsp3) is 0.933. The van der Waals surface area contributed by atoms with Gasteiger partial charge in [0, 0.05) is 31.7 Å². The maximum absolute atomic E-state index is 11.8. The van der Waals surface area contributed by atoms with Gasteiger partial charge in [-0.1, -0.05) is 0 Å². The van der Waals surface area contributed by atoms with E-state index in [2.05, 4.69) is 15.5 Å². The zero-order chi connectivity index (χ0) is 14.3. The fourth-order valence-corrected chi connectivity index (χ4v) is 3.66. The smallest absolute Gasteiger partial charge is 0.407 e. The number of likely N-dealkylation sites (tertiary alicyclic amines) is 1. The molecule has 1 amide bonds. The monoisotopic (exact) mass is 281 g/mol. The van der Waals surface area contributed by atoms with Crippen molar-refractivity contribution in [3.8, 4) is 0 Å². The average molecular weight is 281 g/mol. The van der Waals surface area contributed by atoms with E-state index in [1.807, 2.05) is 20.8 Å². The minimum absolute atomic E-state index is 0.261. The van der Waals surface area contributed by atoms with Crippen molar-refractivity contribution in [3.05, 3.63) is 0 Å². The number of nitrogens with zero attached hydrogens (tertiary/aromatic N) is 1. The predicted molar refractivity (Wildman–Crippen MR) is 77.6 cm³/mol. The molecule has 2 heterocycles. The Hall–Kier alpha value is -0.810. The van der Waals surface area contributed by atoms with E-state index in [4.69, 9.17) is 4.74 Å². The van der Waals surface area contributed by atoms with Gasteiger partial charge in [0.2, 0.25) is 0 Å². The summed E-state index contributed by atoms with van der Waals surface area (Å²) in [6, 6.07) is 1.05. The molecule has 114 valence electrons. The van der Waals surface area contributed by atoms with Crippen LogP contribution in [0.15, 0.2) is 0 Å². The molecule has 0 aromatic heterocycles. The molecule has 0 radical (unpaired) electrons. The van der Waals surface area contributed by atoms with E-state index >= 15 is 0 Å². The Morgan fingerprint density at radius 3 is 2.55 bits per heavy atom. The zero-order valence-corrected chi connectivity index (χ0v) is 12.8. The van der Waals surface area contributed by atoms with E-state index in [0.29, 0.717) is 23.9 Å². The normalized spacial score (nSPS) is 37.4. The minimum atomic E-state index is -0.409. The largest absolute Gasteiger partial charge is 0.444 e. The molecular formula is C15H27N3O2. The van der Waals surface area contributed by atoms with Crippen molar-refractivity contribution >= 4 is 6.09 Å². The van der Waals surface area contributed by atoms with E-state index in [1.54, 1.807) is 0 Å². The van der Waals surface area contributed by atoms with Gasteiger partial charge in [-0.05, 0) is 52.0 Å². The highest BCUT2D eigenvalue weighted by atomic mass is 16.6. The van der Waals surface area contributed by atoms with Gasteiger partial charge in [0.05, 0.1) is 0 Å². The maximum Gasteiger partial charge on any atom is 0.407 e. The number of hydrogen-bond acceptors (Lipinski definition) is 4. The SMILES string of the molecule is CC(C)(C)OC(=O)NC1C2CN(C3CCCNC3)CC21. The molecule has 3 aliphatic rings. The van der Waals surface area contributed by atoms with Gasteiger partial charge < -0.3 is 15.4 Å². The van der Waals surface area contributed by atoms with Crippen LogP contribution < -0.4 is 10.6 Å². The fourth-order valence-electron chi connectivity index (χ4n) is 3.66. The first kappa shape index (κ1) is 14.1. The molecule has 2 aliphatic heterocycles.